The van der Waals surface area contributed by atoms with E-state index in [9.17, 15) is 4.79 Å². The van der Waals surface area contributed by atoms with Crippen molar-refractivity contribution in [3.05, 3.63) is 41.4 Å². The summed E-state index contributed by atoms with van der Waals surface area (Å²) in [6, 6.07) is 7.36. The normalized spacial score (nSPS) is 14.1. The maximum absolute atomic E-state index is 12.2. The Balaban J connectivity index is 1.56. The van der Waals surface area contributed by atoms with Gasteiger partial charge in [-0.3, -0.25) is 4.79 Å². The van der Waals surface area contributed by atoms with Crippen molar-refractivity contribution in [3.8, 4) is 17.6 Å². The van der Waals surface area contributed by atoms with Gasteiger partial charge < -0.3 is 14.5 Å². The first-order chi connectivity index (χ1) is 11.3. The summed E-state index contributed by atoms with van der Waals surface area (Å²) in [7, 11) is 1.62. The average molecular weight is 327 g/mol. The SMILES string of the molecule is COc1ccc(C#CC(=O)N2CCN(c3nccs3)CC2)cc1. The van der Waals surface area contributed by atoms with Gasteiger partial charge in [-0.1, -0.05) is 5.92 Å². The molecule has 0 N–H and O–H groups in total. The first-order valence-corrected chi connectivity index (χ1v) is 8.23. The van der Waals surface area contributed by atoms with Gasteiger partial charge in [0.2, 0.25) is 0 Å². The lowest BCUT2D eigenvalue weighted by atomic mass is 10.2. The fourth-order valence-electron chi connectivity index (χ4n) is 2.35. The molecule has 0 unspecified atom stereocenters. The van der Waals surface area contributed by atoms with Gasteiger partial charge in [0.15, 0.2) is 5.13 Å². The third-order valence-electron chi connectivity index (χ3n) is 3.66. The standard InChI is InChI=1S/C17H17N3O2S/c1-22-15-5-2-14(3-6-15)4-7-16(21)19-9-11-20(12-10-19)17-18-8-13-23-17/h2-3,5-6,8,13H,9-12H2,1H3. The molecule has 1 aliphatic rings. The van der Waals surface area contributed by atoms with Crippen LogP contribution in [0.5, 0.6) is 5.75 Å². The summed E-state index contributed by atoms with van der Waals surface area (Å²) in [6.45, 7) is 2.94. The molecule has 0 spiro atoms. The Morgan fingerprint density at radius 3 is 2.57 bits per heavy atom. The van der Waals surface area contributed by atoms with Crippen LogP contribution in [0.2, 0.25) is 0 Å². The average Bonchev–Trinajstić information content (AvgIpc) is 3.15. The Labute approximate surface area is 139 Å². The zero-order valence-electron chi connectivity index (χ0n) is 12.9. The molecule has 0 radical (unpaired) electrons. The number of anilines is 1. The van der Waals surface area contributed by atoms with Gasteiger partial charge in [-0.05, 0) is 24.3 Å². The van der Waals surface area contributed by atoms with Crippen LogP contribution in [0.15, 0.2) is 35.8 Å². The van der Waals surface area contributed by atoms with E-state index in [1.807, 2.05) is 29.6 Å². The predicted molar refractivity (Wildman–Crippen MR) is 90.8 cm³/mol. The van der Waals surface area contributed by atoms with Crippen LogP contribution in [0.25, 0.3) is 0 Å². The number of aromatic nitrogens is 1. The lowest BCUT2D eigenvalue weighted by molar-refractivity contribution is -0.125. The molecule has 0 saturated carbocycles. The Hall–Kier alpha value is -2.52. The topological polar surface area (TPSA) is 45.7 Å². The highest BCUT2D eigenvalue weighted by molar-refractivity contribution is 7.13. The maximum atomic E-state index is 12.2. The number of benzene rings is 1. The summed E-state index contributed by atoms with van der Waals surface area (Å²) >= 11 is 1.62. The van der Waals surface area contributed by atoms with E-state index < -0.39 is 0 Å². The molecular weight excluding hydrogens is 310 g/mol. The molecule has 3 rings (SSSR count). The van der Waals surface area contributed by atoms with Crippen LogP contribution < -0.4 is 9.64 Å². The predicted octanol–water partition coefficient (Wildman–Crippen LogP) is 1.85. The van der Waals surface area contributed by atoms with Crippen LogP contribution in [0.3, 0.4) is 0 Å². The van der Waals surface area contributed by atoms with Gasteiger partial charge in [0.1, 0.15) is 5.75 Å². The van der Waals surface area contributed by atoms with Crippen molar-refractivity contribution in [2.24, 2.45) is 0 Å². The smallest absolute Gasteiger partial charge is 0.298 e. The molecule has 1 fully saturated rings. The summed E-state index contributed by atoms with van der Waals surface area (Å²) in [5.41, 5.74) is 0.806. The highest BCUT2D eigenvalue weighted by atomic mass is 32.1. The molecule has 118 valence electrons. The van der Waals surface area contributed by atoms with E-state index in [4.69, 9.17) is 4.74 Å². The van der Waals surface area contributed by atoms with E-state index in [1.165, 1.54) is 0 Å². The molecule has 2 aromatic rings. The second kappa shape index (κ2) is 7.16. The van der Waals surface area contributed by atoms with Gasteiger partial charge in [-0.2, -0.15) is 0 Å². The highest BCUT2D eigenvalue weighted by Gasteiger charge is 2.21. The molecule has 0 aliphatic carbocycles. The van der Waals surface area contributed by atoms with Crippen LogP contribution >= 0.6 is 11.3 Å². The van der Waals surface area contributed by atoms with Crippen molar-refractivity contribution >= 4 is 22.4 Å². The minimum atomic E-state index is -0.125. The van der Waals surface area contributed by atoms with E-state index in [1.54, 1.807) is 29.5 Å². The van der Waals surface area contributed by atoms with E-state index in [2.05, 4.69) is 21.7 Å². The maximum Gasteiger partial charge on any atom is 0.298 e. The molecule has 2 heterocycles. The Morgan fingerprint density at radius 1 is 1.22 bits per heavy atom. The van der Waals surface area contributed by atoms with Crippen LogP contribution in [-0.4, -0.2) is 49.1 Å². The zero-order chi connectivity index (χ0) is 16.1. The second-order valence-corrected chi connectivity index (χ2v) is 5.95. The van der Waals surface area contributed by atoms with Crippen LogP contribution in [0, 0.1) is 11.8 Å². The number of methoxy groups -OCH3 is 1. The van der Waals surface area contributed by atoms with E-state index in [-0.39, 0.29) is 5.91 Å². The van der Waals surface area contributed by atoms with Crippen LogP contribution in [-0.2, 0) is 4.79 Å². The minimum absolute atomic E-state index is 0.125. The zero-order valence-corrected chi connectivity index (χ0v) is 13.7. The molecule has 1 saturated heterocycles. The number of amides is 1. The Kier molecular flexibility index (Phi) is 4.79. The fourth-order valence-corrected chi connectivity index (χ4v) is 3.05. The van der Waals surface area contributed by atoms with Crippen molar-refractivity contribution in [1.29, 1.82) is 0 Å². The van der Waals surface area contributed by atoms with E-state index in [0.29, 0.717) is 13.1 Å². The number of carbonyl (C=O) groups excluding carboxylic acids is 1. The van der Waals surface area contributed by atoms with Gasteiger partial charge in [-0.25, -0.2) is 4.98 Å². The van der Waals surface area contributed by atoms with Gasteiger partial charge in [0.05, 0.1) is 7.11 Å². The molecule has 1 amide bonds. The number of nitrogens with zero attached hydrogens (tertiary/aromatic N) is 3. The molecule has 1 aromatic heterocycles. The molecular formula is C17H17N3O2S. The number of hydrogen-bond donors (Lipinski definition) is 0. The summed E-state index contributed by atoms with van der Waals surface area (Å²) in [5.74, 6) is 6.28. The van der Waals surface area contributed by atoms with Crippen molar-refractivity contribution in [2.45, 2.75) is 0 Å². The third kappa shape index (κ3) is 3.82. The Bertz CT molecular complexity index is 709. The van der Waals surface area contributed by atoms with E-state index in [0.717, 1.165) is 29.5 Å². The molecule has 23 heavy (non-hydrogen) atoms. The van der Waals surface area contributed by atoms with Crippen molar-refractivity contribution in [2.75, 3.05) is 38.2 Å². The molecule has 0 atom stereocenters. The number of rotatable bonds is 2. The minimum Gasteiger partial charge on any atom is -0.497 e. The lowest BCUT2D eigenvalue weighted by Gasteiger charge is -2.33. The van der Waals surface area contributed by atoms with Crippen molar-refractivity contribution in [3.63, 3.8) is 0 Å². The quantitative estimate of drug-likeness (QED) is 0.790. The number of carbonyl (C=O) groups is 1. The third-order valence-corrected chi connectivity index (χ3v) is 4.49. The van der Waals surface area contributed by atoms with Gasteiger partial charge in [0.25, 0.3) is 5.91 Å². The van der Waals surface area contributed by atoms with Crippen molar-refractivity contribution in [1.82, 2.24) is 9.88 Å². The molecule has 6 heteroatoms. The fraction of sp³-hybridized carbons (Fsp3) is 0.294. The summed E-state index contributed by atoms with van der Waals surface area (Å²) in [6.07, 6.45) is 1.80. The summed E-state index contributed by atoms with van der Waals surface area (Å²) < 4.78 is 5.10. The number of ether oxygens (including phenoxy) is 1. The van der Waals surface area contributed by atoms with Gasteiger partial charge in [-0.15, -0.1) is 11.3 Å². The molecule has 0 bridgehead atoms. The second-order valence-electron chi connectivity index (χ2n) is 5.07. The number of piperazine rings is 1. The van der Waals surface area contributed by atoms with E-state index >= 15 is 0 Å². The lowest BCUT2D eigenvalue weighted by Crippen LogP contribution is -2.48. The molecule has 1 aromatic carbocycles. The first kappa shape index (κ1) is 15.4. The number of thiazole rings is 1. The monoisotopic (exact) mass is 327 g/mol. The first-order valence-electron chi connectivity index (χ1n) is 7.35. The Morgan fingerprint density at radius 2 is 1.96 bits per heavy atom. The van der Waals surface area contributed by atoms with Crippen LogP contribution in [0.1, 0.15) is 5.56 Å². The van der Waals surface area contributed by atoms with Gasteiger partial charge in [0, 0.05) is 49.2 Å². The largest absolute Gasteiger partial charge is 0.497 e. The molecule has 1 aliphatic heterocycles. The van der Waals surface area contributed by atoms with Crippen molar-refractivity contribution < 1.29 is 9.53 Å². The molecule has 5 nitrogen and oxygen atoms in total. The highest BCUT2D eigenvalue weighted by Crippen LogP contribution is 2.18. The number of hydrogen-bond acceptors (Lipinski definition) is 5. The summed E-state index contributed by atoms with van der Waals surface area (Å²) in [5, 5.41) is 2.98. The summed E-state index contributed by atoms with van der Waals surface area (Å²) in [4.78, 5) is 20.5. The van der Waals surface area contributed by atoms with Gasteiger partial charge >= 0.3 is 0 Å². The van der Waals surface area contributed by atoms with Crippen LogP contribution in [0.4, 0.5) is 5.13 Å².